The first-order valence-electron chi connectivity index (χ1n) is 7.13. The summed E-state index contributed by atoms with van der Waals surface area (Å²) in [6.07, 6.45) is 3.84. The Kier molecular flexibility index (Phi) is 4.31. The summed E-state index contributed by atoms with van der Waals surface area (Å²) in [6.45, 7) is 2.58. The van der Waals surface area contributed by atoms with Crippen molar-refractivity contribution in [3.05, 3.63) is 34.3 Å². The second-order valence-electron chi connectivity index (χ2n) is 5.36. The van der Waals surface area contributed by atoms with Gasteiger partial charge in [0.2, 0.25) is 0 Å². The lowest BCUT2D eigenvalue weighted by molar-refractivity contribution is 0.0779. The average molecular weight is 305 g/mol. The third-order valence-electron chi connectivity index (χ3n) is 3.76. The van der Waals surface area contributed by atoms with Gasteiger partial charge in [-0.1, -0.05) is 5.21 Å². The lowest BCUT2D eigenvalue weighted by atomic mass is 10.1. The number of aromatic nitrogens is 3. The Morgan fingerprint density at radius 3 is 3.05 bits per heavy atom. The molecule has 21 heavy (non-hydrogen) atoms. The van der Waals surface area contributed by atoms with Gasteiger partial charge in [0, 0.05) is 13.6 Å². The van der Waals surface area contributed by atoms with Crippen molar-refractivity contribution >= 4 is 17.2 Å². The molecule has 3 rings (SSSR count). The van der Waals surface area contributed by atoms with E-state index in [1.807, 2.05) is 16.1 Å². The highest BCUT2D eigenvalue weighted by Crippen LogP contribution is 2.17. The topological polar surface area (TPSA) is 63.1 Å². The van der Waals surface area contributed by atoms with Gasteiger partial charge in [0.05, 0.1) is 12.2 Å². The molecule has 2 aromatic heterocycles. The second-order valence-corrected chi connectivity index (χ2v) is 6.14. The van der Waals surface area contributed by atoms with E-state index in [1.165, 1.54) is 0 Å². The summed E-state index contributed by atoms with van der Waals surface area (Å²) in [5.41, 5.74) is 1.56. The van der Waals surface area contributed by atoms with Gasteiger partial charge in [-0.15, -0.1) is 5.10 Å². The van der Waals surface area contributed by atoms with Crippen molar-refractivity contribution in [3.63, 3.8) is 0 Å². The highest BCUT2D eigenvalue weighted by Gasteiger charge is 2.20. The lowest BCUT2D eigenvalue weighted by Crippen LogP contribution is -2.29. The van der Waals surface area contributed by atoms with Crippen molar-refractivity contribution in [2.24, 2.45) is 0 Å². The van der Waals surface area contributed by atoms with Crippen LogP contribution in [-0.4, -0.2) is 45.9 Å². The van der Waals surface area contributed by atoms with Gasteiger partial charge in [-0.25, -0.2) is 4.68 Å². The molecular weight excluding hydrogens is 286 g/mol. The van der Waals surface area contributed by atoms with Crippen molar-refractivity contribution in [3.8, 4) is 0 Å². The molecule has 0 aromatic carbocycles. The summed E-state index contributed by atoms with van der Waals surface area (Å²) < 4.78 is 1.84. The van der Waals surface area contributed by atoms with E-state index in [2.05, 4.69) is 21.0 Å². The van der Waals surface area contributed by atoms with Gasteiger partial charge in [0.15, 0.2) is 5.69 Å². The van der Waals surface area contributed by atoms with E-state index in [4.69, 9.17) is 0 Å². The van der Waals surface area contributed by atoms with Gasteiger partial charge in [-0.05, 0) is 48.3 Å². The Morgan fingerprint density at radius 2 is 2.33 bits per heavy atom. The van der Waals surface area contributed by atoms with Crippen LogP contribution in [0.3, 0.4) is 0 Å². The van der Waals surface area contributed by atoms with E-state index in [0.717, 1.165) is 31.5 Å². The van der Waals surface area contributed by atoms with Crippen molar-refractivity contribution in [1.29, 1.82) is 0 Å². The molecule has 0 atom stereocenters. The fraction of sp³-hybridized carbons (Fsp3) is 0.500. The average Bonchev–Trinajstić information content (AvgIpc) is 3.18. The molecular formula is C14H19N5OS. The predicted molar refractivity (Wildman–Crippen MR) is 81.3 cm³/mol. The molecule has 1 saturated heterocycles. The molecule has 1 fully saturated rings. The van der Waals surface area contributed by atoms with Crippen LogP contribution in [0.25, 0.3) is 0 Å². The molecule has 1 aliphatic rings. The van der Waals surface area contributed by atoms with E-state index in [0.29, 0.717) is 18.3 Å². The first kappa shape index (κ1) is 14.2. The molecule has 112 valence electrons. The Balaban J connectivity index is 1.65. The summed E-state index contributed by atoms with van der Waals surface area (Å²) >= 11 is 1.64. The number of hydrogen-bond acceptors (Lipinski definition) is 5. The molecule has 0 unspecified atom stereocenters. The highest BCUT2D eigenvalue weighted by atomic mass is 32.1. The third kappa shape index (κ3) is 3.30. The van der Waals surface area contributed by atoms with Crippen LogP contribution in [0.4, 0.5) is 0 Å². The normalized spacial score (nSPS) is 16.0. The molecule has 6 nitrogen and oxygen atoms in total. The van der Waals surface area contributed by atoms with Crippen LogP contribution in [0.5, 0.6) is 0 Å². The van der Waals surface area contributed by atoms with E-state index < -0.39 is 0 Å². The van der Waals surface area contributed by atoms with Crippen LogP contribution in [0, 0.1) is 0 Å². The molecule has 1 amide bonds. The van der Waals surface area contributed by atoms with Crippen LogP contribution >= 0.6 is 11.3 Å². The molecule has 1 aliphatic heterocycles. The molecule has 3 heterocycles. The minimum atomic E-state index is -0.0821. The van der Waals surface area contributed by atoms with Crippen molar-refractivity contribution in [1.82, 2.24) is 25.2 Å². The smallest absolute Gasteiger partial charge is 0.276 e. The Bertz CT molecular complexity index is 588. The van der Waals surface area contributed by atoms with Gasteiger partial charge in [0.1, 0.15) is 0 Å². The molecule has 7 heteroatoms. The number of piperidine rings is 1. The number of amides is 1. The predicted octanol–water partition coefficient (Wildman–Crippen LogP) is 1.54. The summed E-state index contributed by atoms with van der Waals surface area (Å²) in [5.74, 6) is -0.0821. The summed E-state index contributed by atoms with van der Waals surface area (Å²) in [6, 6.07) is 2.38. The van der Waals surface area contributed by atoms with Gasteiger partial charge >= 0.3 is 0 Å². The van der Waals surface area contributed by atoms with Crippen LogP contribution in [0.1, 0.15) is 34.9 Å². The second kappa shape index (κ2) is 6.36. The fourth-order valence-corrected chi connectivity index (χ4v) is 3.21. The third-order valence-corrected chi connectivity index (χ3v) is 4.49. The van der Waals surface area contributed by atoms with Gasteiger partial charge in [-0.2, -0.15) is 11.3 Å². The lowest BCUT2D eigenvalue weighted by Gasteiger charge is -2.22. The van der Waals surface area contributed by atoms with E-state index in [1.54, 1.807) is 29.5 Å². The van der Waals surface area contributed by atoms with Gasteiger partial charge < -0.3 is 10.2 Å². The maximum absolute atomic E-state index is 12.4. The number of carbonyl (C=O) groups is 1. The minimum Gasteiger partial charge on any atom is -0.336 e. The fourth-order valence-electron chi connectivity index (χ4n) is 2.55. The zero-order chi connectivity index (χ0) is 14.7. The van der Waals surface area contributed by atoms with Gasteiger partial charge in [-0.3, -0.25) is 4.79 Å². The quantitative estimate of drug-likeness (QED) is 0.930. The van der Waals surface area contributed by atoms with Crippen LogP contribution < -0.4 is 5.32 Å². The maximum Gasteiger partial charge on any atom is 0.276 e. The van der Waals surface area contributed by atoms with Gasteiger partial charge in [0.25, 0.3) is 5.91 Å². The number of rotatable bonds is 4. The Labute approximate surface area is 127 Å². The molecule has 0 radical (unpaired) electrons. The standard InChI is InChI=1S/C14H19N5OS/c1-18(8-11-4-7-21-10-11)14(20)13-9-19(17-16-13)12-2-5-15-6-3-12/h4,7,9-10,12,15H,2-3,5-6,8H2,1H3. The summed E-state index contributed by atoms with van der Waals surface area (Å²) in [5, 5.41) is 15.6. The van der Waals surface area contributed by atoms with Crippen LogP contribution in [0.15, 0.2) is 23.0 Å². The number of hydrogen-bond donors (Lipinski definition) is 1. The monoisotopic (exact) mass is 305 g/mol. The van der Waals surface area contributed by atoms with Crippen LogP contribution in [0.2, 0.25) is 0 Å². The Hall–Kier alpha value is -1.73. The maximum atomic E-state index is 12.4. The SMILES string of the molecule is CN(Cc1ccsc1)C(=O)c1cn(C2CCNCC2)nn1. The largest absolute Gasteiger partial charge is 0.336 e. The zero-order valence-electron chi connectivity index (χ0n) is 12.0. The molecule has 0 spiro atoms. The van der Waals surface area contributed by atoms with Crippen molar-refractivity contribution in [2.75, 3.05) is 20.1 Å². The first-order chi connectivity index (χ1) is 10.2. The molecule has 1 N–H and O–H groups in total. The van der Waals surface area contributed by atoms with E-state index in [9.17, 15) is 4.79 Å². The number of nitrogens with zero attached hydrogens (tertiary/aromatic N) is 4. The molecule has 0 aliphatic carbocycles. The van der Waals surface area contributed by atoms with E-state index in [-0.39, 0.29) is 5.91 Å². The van der Waals surface area contributed by atoms with E-state index >= 15 is 0 Å². The number of nitrogens with one attached hydrogen (secondary N) is 1. The number of thiophene rings is 1. The zero-order valence-corrected chi connectivity index (χ0v) is 12.8. The molecule has 2 aromatic rings. The Morgan fingerprint density at radius 1 is 1.52 bits per heavy atom. The highest BCUT2D eigenvalue weighted by molar-refractivity contribution is 7.07. The number of carbonyl (C=O) groups excluding carboxylic acids is 1. The summed E-state index contributed by atoms with van der Waals surface area (Å²) in [4.78, 5) is 14.0. The molecule has 0 bridgehead atoms. The van der Waals surface area contributed by atoms with Crippen LogP contribution in [-0.2, 0) is 6.54 Å². The minimum absolute atomic E-state index is 0.0821. The first-order valence-corrected chi connectivity index (χ1v) is 8.07. The summed E-state index contributed by atoms with van der Waals surface area (Å²) in [7, 11) is 1.80. The van der Waals surface area contributed by atoms with Crippen molar-refractivity contribution < 1.29 is 4.79 Å². The van der Waals surface area contributed by atoms with Crippen molar-refractivity contribution in [2.45, 2.75) is 25.4 Å². The molecule has 0 saturated carbocycles.